The number of methoxy groups -OCH3 is 1. The molecule has 0 saturated heterocycles. The Hall–Kier alpha value is -3.58. The fourth-order valence-electron chi connectivity index (χ4n) is 2.37. The number of hydrogen-bond acceptors (Lipinski definition) is 5. The lowest BCUT2D eigenvalue weighted by Gasteiger charge is -2.05. The maximum Gasteiger partial charge on any atom is 0.313 e. The number of benzene rings is 2. The highest BCUT2D eigenvalue weighted by Gasteiger charge is 2.14. The van der Waals surface area contributed by atoms with Gasteiger partial charge in [-0.25, -0.2) is 0 Å². The number of halogens is 1. The van der Waals surface area contributed by atoms with Gasteiger partial charge in [0.15, 0.2) is 0 Å². The summed E-state index contributed by atoms with van der Waals surface area (Å²) in [6.07, 6.45) is 1.57. The molecule has 29 heavy (non-hydrogen) atoms. The Morgan fingerprint density at radius 3 is 2.62 bits per heavy atom. The molecule has 2 aromatic carbocycles. The summed E-state index contributed by atoms with van der Waals surface area (Å²) in [5.74, 6) is 0.188. The molecule has 0 spiro atoms. The van der Waals surface area contributed by atoms with E-state index in [1.165, 1.54) is 0 Å². The molecule has 0 aliphatic heterocycles. The van der Waals surface area contributed by atoms with Gasteiger partial charge in [0, 0.05) is 10.7 Å². The summed E-state index contributed by atoms with van der Waals surface area (Å²) in [7, 11) is 1.60. The lowest BCUT2D eigenvalue weighted by molar-refractivity contribution is -0.136. The average molecular weight is 412 g/mol. The van der Waals surface area contributed by atoms with E-state index < -0.39 is 11.8 Å². The van der Waals surface area contributed by atoms with Crippen LogP contribution in [0.2, 0.25) is 5.02 Å². The molecule has 0 bridgehead atoms. The number of furan rings is 1. The summed E-state index contributed by atoms with van der Waals surface area (Å²) in [4.78, 5) is 28.2. The van der Waals surface area contributed by atoms with E-state index in [0.717, 1.165) is 11.4 Å². The van der Waals surface area contributed by atoms with Crippen LogP contribution in [0.1, 0.15) is 11.5 Å². The van der Waals surface area contributed by atoms with Crippen LogP contribution in [-0.4, -0.2) is 25.1 Å². The maximum absolute atomic E-state index is 11.9. The number of amides is 2. The van der Waals surface area contributed by atoms with E-state index in [2.05, 4.69) is 15.6 Å². The van der Waals surface area contributed by atoms with Crippen molar-refractivity contribution in [2.45, 2.75) is 6.54 Å². The summed E-state index contributed by atoms with van der Waals surface area (Å²) in [5.41, 5.74) is 1.18. The molecule has 0 atom stereocenters. The van der Waals surface area contributed by atoms with Gasteiger partial charge >= 0.3 is 11.8 Å². The number of aliphatic imine (C=N–C) groups is 1. The second kappa shape index (κ2) is 9.57. The van der Waals surface area contributed by atoms with Crippen molar-refractivity contribution in [2.75, 3.05) is 12.4 Å². The van der Waals surface area contributed by atoms with Crippen LogP contribution in [0.3, 0.4) is 0 Å². The highest BCUT2D eigenvalue weighted by Crippen LogP contribution is 2.18. The number of nitrogens with zero attached hydrogens (tertiary/aromatic N) is 1. The van der Waals surface area contributed by atoms with Crippen molar-refractivity contribution in [3.63, 3.8) is 0 Å². The molecular weight excluding hydrogens is 394 g/mol. The van der Waals surface area contributed by atoms with Crippen LogP contribution >= 0.6 is 11.6 Å². The first-order valence-corrected chi connectivity index (χ1v) is 9.03. The number of ether oxygens (including phenoxy) is 1. The number of carbonyl (C=O) groups excluding carboxylic acids is 2. The minimum Gasteiger partial charge on any atom is -0.497 e. The number of anilines is 1. The molecule has 3 aromatic rings. The standard InChI is InChI=1S/C21H18ClN3O4/c1-28-17-7-5-15(6-8-17)23-12-18-9-10-19(29-18)13-24-20(26)21(27)25-16-4-2-3-14(22)11-16/h2-12H,13H2,1H3,(H,24,26)(H,25,27). The van der Waals surface area contributed by atoms with Gasteiger partial charge in [-0.05, 0) is 54.6 Å². The van der Waals surface area contributed by atoms with Crippen LogP contribution in [0.5, 0.6) is 5.75 Å². The smallest absolute Gasteiger partial charge is 0.313 e. The van der Waals surface area contributed by atoms with Crippen LogP contribution in [0.25, 0.3) is 0 Å². The molecule has 7 nitrogen and oxygen atoms in total. The highest BCUT2D eigenvalue weighted by atomic mass is 35.5. The van der Waals surface area contributed by atoms with Crippen molar-refractivity contribution in [3.05, 3.63) is 77.2 Å². The van der Waals surface area contributed by atoms with Gasteiger partial charge in [-0.15, -0.1) is 0 Å². The highest BCUT2D eigenvalue weighted by molar-refractivity contribution is 6.39. The van der Waals surface area contributed by atoms with Gasteiger partial charge in [-0.1, -0.05) is 17.7 Å². The first-order valence-electron chi connectivity index (χ1n) is 8.65. The summed E-state index contributed by atoms with van der Waals surface area (Å²) in [6.45, 7) is 0.0676. The first kappa shape index (κ1) is 20.2. The van der Waals surface area contributed by atoms with E-state index in [1.54, 1.807) is 49.7 Å². The second-order valence-corrected chi connectivity index (χ2v) is 6.34. The minimum absolute atomic E-state index is 0.0676. The van der Waals surface area contributed by atoms with E-state index in [-0.39, 0.29) is 6.54 Å². The van der Waals surface area contributed by atoms with E-state index >= 15 is 0 Å². The number of carbonyl (C=O) groups is 2. The van der Waals surface area contributed by atoms with E-state index in [1.807, 2.05) is 24.3 Å². The normalized spacial score (nSPS) is 10.7. The lowest BCUT2D eigenvalue weighted by atomic mass is 10.3. The molecule has 0 radical (unpaired) electrons. The molecule has 0 unspecified atom stereocenters. The fraction of sp³-hybridized carbons (Fsp3) is 0.0952. The number of rotatable bonds is 6. The summed E-state index contributed by atoms with van der Waals surface area (Å²) in [6, 6.07) is 17.2. The van der Waals surface area contributed by atoms with Gasteiger partial charge in [0.05, 0.1) is 25.6 Å². The largest absolute Gasteiger partial charge is 0.497 e. The lowest BCUT2D eigenvalue weighted by Crippen LogP contribution is -2.34. The van der Waals surface area contributed by atoms with E-state index in [4.69, 9.17) is 20.8 Å². The predicted octanol–water partition coefficient (Wildman–Crippen LogP) is 3.95. The number of nitrogens with one attached hydrogen (secondary N) is 2. The topological polar surface area (TPSA) is 92.9 Å². The Bertz CT molecular complexity index is 1030. The van der Waals surface area contributed by atoms with E-state index in [0.29, 0.717) is 22.2 Å². The third-order valence-electron chi connectivity index (χ3n) is 3.81. The fourth-order valence-corrected chi connectivity index (χ4v) is 2.56. The quantitative estimate of drug-likeness (QED) is 0.474. The number of hydrogen-bond donors (Lipinski definition) is 2. The molecule has 0 fully saturated rings. The average Bonchev–Trinajstić information content (AvgIpc) is 3.18. The third-order valence-corrected chi connectivity index (χ3v) is 4.04. The van der Waals surface area contributed by atoms with Gasteiger partial charge in [0.2, 0.25) is 0 Å². The molecule has 8 heteroatoms. The molecule has 0 aliphatic carbocycles. The zero-order chi connectivity index (χ0) is 20.6. The monoisotopic (exact) mass is 411 g/mol. The third kappa shape index (κ3) is 5.95. The van der Waals surface area contributed by atoms with Crippen LogP contribution in [0.4, 0.5) is 11.4 Å². The Morgan fingerprint density at radius 1 is 1.10 bits per heavy atom. The van der Waals surface area contributed by atoms with E-state index in [9.17, 15) is 9.59 Å². The molecule has 1 heterocycles. The maximum atomic E-state index is 11.9. The molecule has 2 amide bonds. The predicted molar refractivity (Wildman–Crippen MR) is 111 cm³/mol. The molecule has 1 aromatic heterocycles. The molecule has 2 N–H and O–H groups in total. The summed E-state index contributed by atoms with van der Waals surface area (Å²) < 4.78 is 10.7. The van der Waals surface area contributed by atoms with Crippen LogP contribution < -0.4 is 15.4 Å². The summed E-state index contributed by atoms with van der Waals surface area (Å²) in [5, 5.41) is 5.43. The van der Waals surface area contributed by atoms with Crippen molar-refractivity contribution >= 4 is 41.0 Å². The Balaban J connectivity index is 1.51. The first-order chi connectivity index (χ1) is 14.0. The van der Waals surface area contributed by atoms with Gasteiger partial charge in [0.25, 0.3) is 0 Å². The van der Waals surface area contributed by atoms with Crippen LogP contribution in [0.15, 0.2) is 70.1 Å². The molecule has 3 rings (SSSR count). The van der Waals surface area contributed by atoms with Gasteiger partial charge < -0.3 is 19.8 Å². The SMILES string of the molecule is COc1ccc(N=Cc2ccc(CNC(=O)C(=O)Nc3cccc(Cl)c3)o2)cc1. The van der Waals surface area contributed by atoms with Crippen LogP contribution in [-0.2, 0) is 16.1 Å². The van der Waals surface area contributed by atoms with Gasteiger partial charge in [-0.2, -0.15) is 0 Å². The molecular formula is C21H18ClN3O4. The van der Waals surface area contributed by atoms with Crippen LogP contribution in [0, 0.1) is 0 Å². The van der Waals surface area contributed by atoms with Gasteiger partial charge in [0.1, 0.15) is 17.3 Å². The minimum atomic E-state index is -0.792. The second-order valence-electron chi connectivity index (χ2n) is 5.91. The molecule has 0 saturated carbocycles. The van der Waals surface area contributed by atoms with Crippen molar-refractivity contribution in [3.8, 4) is 5.75 Å². The Labute approximate surface area is 172 Å². The zero-order valence-electron chi connectivity index (χ0n) is 15.5. The Kier molecular flexibility index (Phi) is 6.65. The molecule has 0 aliphatic rings. The Morgan fingerprint density at radius 2 is 1.90 bits per heavy atom. The van der Waals surface area contributed by atoms with Crippen molar-refractivity contribution < 1.29 is 18.7 Å². The van der Waals surface area contributed by atoms with Crippen molar-refractivity contribution in [1.82, 2.24) is 5.32 Å². The summed E-state index contributed by atoms with van der Waals surface area (Å²) >= 11 is 5.85. The zero-order valence-corrected chi connectivity index (χ0v) is 16.3. The molecule has 148 valence electrons. The van der Waals surface area contributed by atoms with Gasteiger partial charge in [-0.3, -0.25) is 14.6 Å². The van der Waals surface area contributed by atoms with Crippen molar-refractivity contribution in [2.24, 2.45) is 4.99 Å². The van der Waals surface area contributed by atoms with Crippen molar-refractivity contribution in [1.29, 1.82) is 0 Å².